The van der Waals surface area contributed by atoms with Gasteiger partial charge in [0, 0.05) is 6.04 Å². The van der Waals surface area contributed by atoms with Crippen LogP contribution in [0.4, 0.5) is 0 Å². The summed E-state index contributed by atoms with van der Waals surface area (Å²) < 4.78 is 1.67. The fourth-order valence-corrected chi connectivity index (χ4v) is 2.32. The minimum Gasteiger partial charge on any atom is -0.305 e. The molecule has 20 heavy (non-hydrogen) atoms. The van der Waals surface area contributed by atoms with Crippen LogP contribution in [0.3, 0.4) is 0 Å². The fraction of sp³-hybridized carbons (Fsp3) is 0.294. The van der Waals surface area contributed by atoms with Gasteiger partial charge < -0.3 is 4.57 Å². The van der Waals surface area contributed by atoms with E-state index in [2.05, 4.69) is 19.1 Å². The molecule has 0 saturated carbocycles. The molecule has 2 rings (SSSR count). The summed E-state index contributed by atoms with van der Waals surface area (Å²) in [5, 5.41) is 0. The smallest absolute Gasteiger partial charge is 0.261 e. The Morgan fingerprint density at radius 2 is 1.75 bits per heavy atom. The summed E-state index contributed by atoms with van der Waals surface area (Å²) in [5.74, 6) is 0. The highest BCUT2D eigenvalue weighted by atomic mass is 16.1. The number of hydrogen-bond donors (Lipinski definition) is 0. The van der Waals surface area contributed by atoms with Gasteiger partial charge in [0.25, 0.3) is 5.56 Å². The number of nitrogens with zero attached hydrogens (tertiary/aromatic N) is 1. The Kier molecular flexibility index (Phi) is 4.18. The molecule has 0 radical (unpaired) electrons. The van der Waals surface area contributed by atoms with Crippen molar-refractivity contribution in [1.29, 1.82) is 0 Å². The molecule has 1 heterocycles. The average Bonchev–Trinajstić information content (AvgIpc) is 2.46. The number of aryl methyl sites for hydroxylation is 1. The molecule has 3 nitrogen and oxygen atoms in total. The zero-order valence-corrected chi connectivity index (χ0v) is 12.1. The van der Waals surface area contributed by atoms with E-state index in [-0.39, 0.29) is 17.2 Å². The second-order valence-electron chi connectivity index (χ2n) is 5.11. The molecule has 0 spiro atoms. The molecular weight excluding hydrogens is 250 g/mol. The number of benzene rings is 1. The van der Waals surface area contributed by atoms with E-state index in [4.69, 9.17) is 0 Å². The van der Waals surface area contributed by atoms with Crippen LogP contribution in [0.15, 0.2) is 41.2 Å². The van der Waals surface area contributed by atoms with Crippen LogP contribution in [0, 0.1) is 0 Å². The second kappa shape index (κ2) is 5.87. The SMILES string of the molecule is CCc1ccc(-c2ccc(C=O)c(=O)n2C(C)C)cc1. The maximum absolute atomic E-state index is 12.3. The first-order valence-corrected chi connectivity index (χ1v) is 6.88. The van der Waals surface area contributed by atoms with Crippen molar-refractivity contribution >= 4 is 6.29 Å². The predicted octanol–water partition coefficient (Wildman–Crippen LogP) is 3.47. The van der Waals surface area contributed by atoms with Crippen molar-refractivity contribution in [2.75, 3.05) is 0 Å². The summed E-state index contributed by atoms with van der Waals surface area (Å²) in [4.78, 5) is 23.2. The van der Waals surface area contributed by atoms with E-state index in [0.29, 0.717) is 6.29 Å². The van der Waals surface area contributed by atoms with Gasteiger partial charge in [-0.3, -0.25) is 9.59 Å². The van der Waals surface area contributed by atoms with Crippen LogP contribution >= 0.6 is 0 Å². The molecule has 1 aromatic carbocycles. The molecule has 0 saturated heterocycles. The van der Waals surface area contributed by atoms with Crippen molar-refractivity contribution in [2.45, 2.75) is 33.2 Å². The summed E-state index contributed by atoms with van der Waals surface area (Å²) >= 11 is 0. The van der Waals surface area contributed by atoms with E-state index in [1.807, 2.05) is 32.0 Å². The number of hydrogen-bond acceptors (Lipinski definition) is 2. The van der Waals surface area contributed by atoms with E-state index < -0.39 is 0 Å². The van der Waals surface area contributed by atoms with Crippen molar-refractivity contribution in [3.63, 3.8) is 0 Å². The van der Waals surface area contributed by atoms with E-state index in [9.17, 15) is 9.59 Å². The molecule has 2 aromatic rings. The molecule has 3 heteroatoms. The number of rotatable bonds is 4. The first-order valence-electron chi connectivity index (χ1n) is 6.88. The van der Waals surface area contributed by atoms with Gasteiger partial charge in [-0.15, -0.1) is 0 Å². The lowest BCUT2D eigenvalue weighted by molar-refractivity contribution is 0.112. The Morgan fingerprint density at radius 3 is 2.25 bits per heavy atom. The molecule has 0 unspecified atom stereocenters. The molecule has 1 aromatic heterocycles. The summed E-state index contributed by atoms with van der Waals surface area (Å²) in [6.07, 6.45) is 1.60. The van der Waals surface area contributed by atoms with E-state index in [1.165, 1.54) is 5.56 Å². The lowest BCUT2D eigenvalue weighted by atomic mass is 10.1. The molecule has 0 N–H and O–H groups in total. The van der Waals surface area contributed by atoms with Crippen LogP contribution in [0.1, 0.15) is 42.7 Å². The average molecular weight is 269 g/mol. The molecule has 0 atom stereocenters. The van der Waals surface area contributed by atoms with Crippen molar-refractivity contribution < 1.29 is 4.79 Å². The van der Waals surface area contributed by atoms with E-state index in [1.54, 1.807) is 10.6 Å². The van der Waals surface area contributed by atoms with Gasteiger partial charge in [0.05, 0.1) is 11.3 Å². The minimum absolute atomic E-state index is 0.00301. The number of carbonyl (C=O) groups excluding carboxylic acids is 1. The minimum atomic E-state index is -0.230. The lowest BCUT2D eigenvalue weighted by Crippen LogP contribution is -2.26. The van der Waals surface area contributed by atoms with Crippen molar-refractivity contribution in [2.24, 2.45) is 0 Å². The number of aldehydes is 1. The Hall–Kier alpha value is -2.16. The Bertz CT molecular complexity index is 666. The maximum atomic E-state index is 12.3. The Balaban J connectivity index is 2.63. The van der Waals surface area contributed by atoms with Crippen molar-refractivity contribution in [3.8, 4) is 11.3 Å². The van der Waals surface area contributed by atoms with Gasteiger partial charge in [0.1, 0.15) is 0 Å². The van der Waals surface area contributed by atoms with Crippen LogP contribution in [0.25, 0.3) is 11.3 Å². The van der Waals surface area contributed by atoms with Crippen LogP contribution < -0.4 is 5.56 Å². The summed E-state index contributed by atoms with van der Waals surface area (Å²) in [7, 11) is 0. The largest absolute Gasteiger partial charge is 0.305 e. The first-order chi connectivity index (χ1) is 9.58. The molecule has 0 aliphatic carbocycles. The van der Waals surface area contributed by atoms with Crippen LogP contribution in [0.2, 0.25) is 0 Å². The number of carbonyl (C=O) groups is 1. The molecule has 0 aliphatic rings. The van der Waals surface area contributed by atoms with Crippen LogP contribution in [0.5, 0.6) is 0 Å². The highest BCUT2D eigenvalue weighted by Crippen LogP contribution is 2.22. The van der Waals surface area contributed by atoms with Crippen LogP contribution in [-0.4, -0.2) is 10.9 Å². The summed E-state index contributed by atoms with van der Waals surface area (Å²) in [6.45, 7) is 6.00. The molecule has 104 valence electrons. The summed E-state index contributed by atoms with van der Waals surface area (Å²) in [6, 6.07) is 11.6. The second-order valence-corrected chi connectivity index (χ2v) is 5.11. The highest BCUT2D eigenvalue weighted by molar-refractivity contribution is 5.75. The quantitative estimate of drug-likeness (QED) is 0.797. The molecule has 0 amide bonds. The number of aromatic nitrogens is 1. The Labute approximate surface area is 118 Å². The highest BCUT2D eigenvalue weighted by Gasteiger charge is 2.12. The van der Waals surface area contributed by atoms with E-state index >= 15 is 0 Å². The third kappa shape index (κ3) is 2.57. The Morgan fingerprint density at radius 1 is 1.10 bits per heavy atom. The predicted molar refractivity (Wildman–Crippen MR) is 81.3 cm³/mol. The van der Waals surface area contributed by atoms with Crippen molar-refractivity contribution in [1.82, 2.24) is 4.57 Å². The molecular formula is C17H19NO2. The van der Waals surface area contributed by atoms with Gasteiger partial charge in [-0.05, 0) is 43.5 Å². The zero-order chi connectivity index (χ0) is 14.7. The normalized spacial score (nSPS) is 10.8. The van der Waals surface area contributed by atoms with Gasteiger partial charge in [-0.2, -0.15) is 0 Å². The monoisotopic (exact) mass is 269 g/mol. The van der Waals surface area contributed by atoms with Crippen molar-refractivity contribution in [3.05, 3.63) is 57.9 Å². The van der Waals surface area contributed by atoms with Gasteiger partial charge >= 0.3 is 0 Å². The van der Waals surface area contributed by atoms with Gasteiger partial charge in [-0.25, -0.2) is 0 Å². The first kappa shape index (κ1) is 14.3. The maximum Gasteiger partial charge on any atom is 0.261 e. The third-order valence-corrected chi connectivity index (χ3v) is 3.45. The van der Waals surface area contributed by atoms with E-state index in [0.717, 1.165) is 17.7 Å². The van der Waals surface area contributed by atoms with Gasteiger partial charge in [0.2, 0.25) is 0 Å². The molecule has 0 bridgehead atoms. The molecule has 0 aliphatic heterocycles. The number of pyridine rings is 1. The fourth-order valence-electron chi connectivity index (χ4n) is 2.32. The molecule has 0 fully saturated rings. The topological polar surface area (TPSA) is 39.1 Å². The summed E-state index contributed by atoms with van der Waals surface area (Å²) in [5.41, 5.74) is 3.07. The van der Waals surface area contributed by atoms with Gasteiger partial charge in [0.15, 0.2) is 6.29 Å². The standard InChI is InChI=1S/C17H19NO2/c1-4-13-5-7-14(8-6-13)16-10-9-15(11-19)17(20)18(16)12(2)3/h5-12H,4H2,1-3H3. The van der Waals surface area contributed by atoms with Crippen LogP contribution in [-0.2, 0) is 6.42 Å². The third-order valence-electron chi connectivity index (χ3n) is 3.45. The van der Waals surface area contributed by atoms with Gasteiger partial charge in [-0.1, -0.05) is 31.2 Å². The zero-order valence-electron chi connectivity index (χ0n) is 12.1. The lowest BCUT2D eigenvalue weighted by Gasteiger charge is -2.17.